The van der Waals surface area contributed by atoms with Crippen LogP contribution in [-0.4, -0.2) is 282 Å². The summed E-state index contributed by atoms with van der Waals surface area (Å²) in [7, 11) is 10.5. The Bertz CT molecular complexity index is 3200. The van der Waals surface area contributed by atoms with E-state index >= 15 is 42.3 Å². The van der Waals surface area contributed by atoms with Gasteiger partial charge >= 0.3 is 6.18 Å². The number of rotatable bonds is 14. The normalized spacial score (nSPS) is 33.2. The van der Waals surface area contributed by atoms with Gasteiger partial charge in [0.1, 0.15) is 66.1 Å². The van der Waals surface area contributed by atoms with Gasteiger partial charge in [0, 0.05) is 80.9 Å². The standard InChI is InChI=1S/C79H127F5N12O12/c1-16-23-58-68(99)86-66(49(6)17-2)74(105)94(53-32-33-53)37-36-89(11)59-26-19-18-22-35-95(73(59)104)62(40-50-29-27-48(5)28-30-50)72(103)90(12)44-63(97)85-57(34-31-51-38-55(80)65(56(81)39-51)79(82,83)84)70(101)96-43-54(108-47(3)4)41-60(96)69(100)87-78(45-77(7,8)46-78)76(107)93(15)67(52-24-20-21-25-52)75(106)92(14)61(71(102)88(9)10)42-64(98)91(58)13/h18-19,47-62,65-67H,16-17,20-46H2,1-15H3,(H,85,97)(H,86,99)(H,87,100)/b19-18-/t48?,49-,50?,51?,54+,55?,56?,57-,58-,59-,60-,61-,62-,65?,66-,67-/m0/s1. The number of alkyl halides is 5. The second-order valence-corrected chi connectivity index (χ2v) is 34.6. The van der Waals surface area contributed by atoms with Crippen LogP contribution in [0, 0.1) is 40.9 Å². The predicted molar refractivity (Wildman–Crippen MR) is 397 cm³/mol. The summed E-state index contributed by atoms with van der Waals surface area (Å²) in [5, 5.41) is 8.90. The fourth-order valence-corrected chi connectivity index (χ4v) is 18.5. The molecule has 108 heavy (non-hydrogen) atoms. The molecule has 7 fully saturated rings. The van der Waals surface area contributed by atoms with E-state index in [9.17, 15) is 32.3 Å². The van der Waals surface area contributed by atoms with Crippen LogP contribution in [0.4, 0.5) is 22.0 Å². The Kier molecular flexibility index (Phi) is 30.0. The number of nitrogens with one attached hydrogen (secondary N) is 3. The fraction of sp³-hybridized carbons (Fsp3) is 0.835. The van der Waals surface area contributed by atoms with Crippen molar-refractivity contribution in [1.29, 1.82) is 0 Å². The summed E-state index contributed by atoms with van der Waals surface area (Å²) < 4.78 is 79.6. The average molecular weight is 1530 g/mol. The highest BCUT2D eigenvalue weighted by Gasteiger charge is 2.60. The van der Waals surface area contributed by atoms with E-state index in [0.29, 0.717) is 63.7 Å². The summed E-state index contributed by atoms with van der Waals surface area (Å²) in [6.07, 6.45) is -0.977. The van der Waals surface area contributed by atoms with Crippen LogP contribution in [-0.2, 0) is 57.5 Å². The average Bonchev–Trinajstić information content (AvgIpc) is 0.904. The lowest BCUT2D eigenvalue weighted by molar-refractivity contribution is -0.219. The Morgan fingerprint density at radius 3 is 1.89 bits per heavy atom. The zero-order valence-corrected chi connectivity index (χ0v) is 66.9. The maximum Gasteiger partial charge on any atom is 0.397 e. The minimum absolute atomic E-state index is 0.0226. The molecule has 2 bridgehead atoms. The van der Waals surface area contributed by atoms with E-state index in [2.05, 4.69) is 22.9 Å². The van der Waals surface area contributed by atoms with Gasteiger partial charge in [0.2, 0.25) is 65.0 Å². The maximum absolute atomic E-state index is 15.8. The lowest BCUT2D eigenvalue weighted by atomic mass is 9.58. The van der Waals surface area contributed by atoms with E-state index < -0.39 is 187 Å². The number of nitrogens with zero attached hydrogens (tertiary/aromatic N) is 9. The smallest absolute Gasteiger partial charge is 0.374 e. The highest BCUT2D eigenvalue weighted by molar-refractivity contribution is 6.01. The van der Waals surface area contributed by atoms with E-state index in [1.165, 1.54) is 71.7 Å². The number of hydrogen-bond donors (Lipinski definition) is 3. The Balaban J connectivity index is 1.21. The molecule has 0 radical (unpaired) electrons. The molecule has 0 aromatic carbocycles. The molecular weight excluding hydrogens is 1400 g/mol. The third-order valence-electron chi connectivity index (χ3n) is 24.9. The van der Waals surface area contributed by atoms with Crippen LogP contribution in [0.25, 0.3) is 0 Å². The molecule has 2 unspecified atom stereocenters. The van der Waals surface area contributed by atoms with Gasteiger partial charge in [-0.05, 0) is 146 Å². The molecule has 3 N–H and O–H groups in total. The predicted octanol–water partition coefficient (Wildman–Crippen LogP) is 7.59. The molecule has 24 nitrogen and oxygen atoms in total. The molecule has 1 spiro atoms. The van der Waals surface area contributed by atoms with Crippen LogP contribution in [0.1, 0.15) is 209 Å². The lowest BCUT2D eigenvalue weighted by Crippen LogP contribution is -2.71. The van der Waals surface area contributed by atoms with Crippen molar-refractivity contribution in [3.05, 3.63) is 12.2 Å². The minimum atomic E-state index is -5.16. The maximum atomic E-state index is 15.8. The van der Waals surface area contributed by atoms with E-state index in [0.717, 1.165) is 25.7 Å². The molecule has 0 aromatic heterocycles. The number of carbonyl (C=O) groups is 11. The number of amides is 11. The van der Waals surface area contributed by atoms with Gasteiger partial charge in [0.25, 0.3) is 0 Å². The van der Waals surface area contributed by atoms with Crippen molar-refractivity contribution in [1.82, 2.24) is 60.0 Å². The molecule has 5 saturated carbocycles. The molecule has 3 heterocycles. The largest absolute Gasteiger partial charge is 0.397 e. The molecule has 0 aromatic rings. The molecule has 2 saturated heterocycles. The number of likely N-dealkylation sites (N-methyl/N-ethyl adjacent to an activating group) is 6. The van der Waals surface area contributed by atoms with E-state index in [4.69, 9.17) is 4.74 Å². The van der Waals surface area contributed by atoms with Crippen molar-refractivity contribution in [2.24, 2.45) is 40.9 Å². The van der Waals surface area contributed by atoms with Crippen molar-refractivity contribution in [2.45, 2.75) is 300 Å². The Hall–Kier alpha value is -6.52. The molecule has 11 amide bonds. The van der Waals surface area contributed by atoms with Gasteiger partial charge in [-0.1, -0.05) is 105 Å². The van der Waals surface area contributed by atoms with Crippen molar-refractivity contribution in [3.63, 3.8) is 0 Å². The zero-order chi connectivity index (χ0) is 79.8. The molecule has 5 aliphatic carbocycles. The Morgan fingerprint density at radius 1 is 0.676 bits per heavy atom. The van der Waals surface area contributed by atoms with Crippen molar-refractivity contribution < 1.29 is 79.4 Å². The monoisotopic (exact) mass is 1530 g/mol. The van der Waals surface area contributed by atoms with Gasteiger partial charge in [-0.2, -0.15) is 13.2 Å². The van der Waals surface area contributed by atoms with Gasteiger partial charge in [-0.15, -0.1) is 0 Å². The topological polar surface area (TPSA) is 262 Å². The number of carbonyl (C=O) groups excluding carboxylic acids is 11. The summed E-state index contributed by atoms with van der Waals surface area (Å²) in [5.74, 6) is -11.1. The van der Waals surface area contributed by atoms with Gasteiger partial charge < -0.3 is 59.9 Å². The summed E-state index contributed by atoms with van der Waals surface area (Å²) in [5.41, 5.74) is -2.26. The van der Waals surface area contributed by atoms with Gasteiger partial charge in [0.05, 0.1) is 31.2 Å². The van der Waals surface area contributed by atoms with Crippen LogP contribution in [0.15, 0.2) is 12.2 Å². The number of hydrogen-bond acceptors (Lipinski definition) is 13. The van der Waals surface area contributed by atoms with Crippen LogP contribution < -0.4 is 16.0 Å². The van der Waals surface area contributed by atoms with Crippen molar-refractivity contribution in [2.75, 3.05) is 82.1 Å². The van der Waals surface area contributed by atoms with Gasteiger partial charge in [-0.3, -0.25) is 57.6 Å². The highest BCUT2D eigenvalue weighted by atomic mass is 19.4. The lowest BCUT2D eigenvalue weighted by Gasteiger charge is -2.54. The fourth-order valence-electron chi connectivity index (χ4n) is 18.5. The van der Waals surface area contributed by atoms with Crippen molar-refractivity contribution >= 4 is 65.0 Å². The van der Waals surface area contributed by atoms with Gasteiger partial charge in [-0.25, -0.2) is 8.78 Å². The van der Waals surface area contributed by atoms with Gasteiger partial charge in [0.15, 0.2) is 0 Å². The van der Waals surface area contributed by atoms with E-state index in [1.54, 1.807) is 30.7 Å². The second kappa shape index (κ2) is 37.2. The Labute approximate surface area is 637 Å². The first-order chi connectivity index (χ1) is 50.7. The molecule has 610 valence electrons. The molecule has 8 aliphatic rings. The zero-order valence-electron chi connectivity index (χ0n) is 66.9. The van der Waals surface area contributed by atoms with E-state index in [1.807, 2.05) is 51.7 Å². The SMILES string of the molecule is CCC[C@H]1C(=O)N[C@@H]([C@@H](C)CC)C(=O)N(C2CC2)CCN(C)[C@H]2C/C=C\CCN(C2=O)[C@@H](CC2CCC(C)CC2)C(=O)N(C)CC(=O)N[C@@H](CCC2CC(F)C(C(F)(F)F)C(F)C2)C(=O)N2C[C@H](OC(C)C)C[C@H]2C(=O)NC2(CC(C)(C)C2)C(=O)N(C)[C@@H](C2CCCC2)C(=O)N(C)[C@H](C(=O)N(C)C)CC(=O)N1C. The molecular formula is C79H127F5N12O12. The summed E-state index contributed by atoms with van der Waals surface area (Å²) >= 11 is 0. The number of ether oxygens (including phenoxy) is 1. The molecule has 8 rings (SSSR count). The van der Waals surface area contributed by atoms with Crippen LogP contribution in [0.2, 0.25) is 0 Å². The Morgan fingerprint density at radius 2 is 1.31 bits per heavy atom. The first-order valence-electron chi connectivity index (χ1n) is 40.2. The summed E-state index contributed by atoms with van der Waals surface area (Å²) in [6.45, 7) is 14.8. The number of halogens is 5. The second-order valence-electron chi connectivity index (χ2n) is 34.6. The molecule has 3 aliphatic heterocycles. The first kappa shape index (κ1) is 87.1. The summed E-state index contributed by atoms with van der Waals surface area (Å²) in [4.78, 5) is 181. The quantitative estimate of drug-likeness (QED) is 0.112. The third-order valence-corrected chi connectivity index (χ3v) is 24.9. The van der Waals surface area contributed by atoms with Crippen LogP contribution >= 0.6 is 0 Å². The van der Waals surface area contributed by atoms with Crippen molar-refractivity contribution in [3.8, 4) is 0 Å². The highest BCUT2D eigenvalue weighted by Crippen LogP contribution is 2.50. The molecule has 29 heteroatoms. The van der Waals surface area contributed by atoms with E-state index in [-0.39, 0.29) is 107 Å². The van der Waals surface area contributed by atoms with Crippen LogP contribution in [0.5, 0.6) is 0 Å². The third kappa shape index (κ3) is 21.2. The summed E-state index contributed by atoms with van der Waals surface area (Å²) in [6, 6.07) is -9.90. The first-order valence-corrected chi connectivity index (χ1v) is 40.2. The minimum Gasteiger partial charge on any atom is -0.374 e. The number of fused-ring (bicyclic) bond motifs is 3. The van der Waals surface area contributed by atoms with Crippen LogP contribution in [0.3, 0.4) is 0 Å². The molecule has 12 atom stereocenters.